The van der Waals surface area contributed by atoms with Crippen LogP contribution in [0.25, 0.3) is 21.9 Å². The molecule has 2 amide bonds. The van der Waals surface area contributed by atoms with Crippen LogP contribution in [0.2, 0.25) is 0 Å². The Balaban J connectivity index is 0.917. The van der Waals surface area contributed by atoms with Gasteiger partial charge in [0.1, 0.15) is 23.0 Å². The lowest BCUT2D eigenvalue weighted by Gasteiger charge is -2.39. The van der Waals surface area contributed by atoms with E-state index in [2.05, 4.69) is 15.1 Å². The van der Waals surface area contributed by atoms with Gasteiger partial charge in [-0.1, -0.05) is 55.5 Å². The number of piperazine rings is 1. The predicted molar refractivity (Wildman–Crippen MR) is 194 cm³/mol. The van der Waals surface area contributed by atoms with Crippen molar-refractivity contribution >= 4 is 22.6 Å². The number of hydrogen-bond donors (Lipinski definition) is 1. The number of aryl methyl sites for hydroxylation is 1. The van der Waals surface area contributed by atoms with Crippen LogP contribution in [-0.2, 0) is 12.8 Å². The maximum Gasteiger partial charge on any atom is 0.272 e. The Morgan fingerprint density at radius 3 is 2.13 bits per heavy atom. The first kappa shape index (κ1) is 35.1. The molecular formula is C41H40F3N5O3. The standard InChI is InChI=1S/C41H40F3N5O3/c1-2-26-6-5-7-29(20-26)30-23-35(43)38(36(44)24-30)41(52)48-14-12-27(13-15-48)25-47-16-18-49(19-17-47)40(51)33-21-28(10-11-34(33)42)22-37-31-8-3-4-9-32(31)39(50)46-45-37/h3-11,20-21,23-24,27H,2,12-19,22,25H2,1H3,(H,46,50). The zero-order valence-electron chi connectivity index (χ0n) is 29.0. The van der Waals surface area contributed by atoms with Crippen molar-refractivity contribution in [1.29, 1.82) is 0 Å². The number of hydrogen-bond acceptors (Lipinski definition) is 5. The summed E-state index contributed by atoms with van der Waals surface area (Å²) in [5, 5.41) is 7.96. The Bertz CT molecular complexity index is 2170. The summed E-state index contributed by atoms with van der Waals surface area (Å²) in [4.78, 5) is 44.4. The fourth-order valence-corrected chi connectivity index (χ4v) is 7.41. The van der Waals surface area contributed by atoms with Gasteiger partial charge in [-0.3, -0.25) is 19.3 Å². The Labute approximate surface area is 299 Å². The Kier molecular flexibility index (Phi) is 10.2. The van der Waals surface area contributed by atoms with E-state index in [1.54, 1.807) is 35.2 Å². The number of fused-ring (bicyclic) bond motifs is 1. The van der Waals surface area contributed by atoms with E-state index in [9.17, 15) is 18.8 Å². The molecule has 1 N–H and O–H groups in total. The summed E-state index contributed by atoms with van der Waals surface area (Å²) >= 11 is 0. The van der Waals surface area contributed by atoms with Crippen molar-refractivity contribution in [2.75, 3.05) is 45.8 Å². The third kappa shape index (κ3) is 7.36. The molecule has 52 heavy (non-hydrogen) atoms. The van der Waals surface area contributed by atoms with Gasteiger partial charge in [-0.05, 0) is 77.8 Å². The molecule has 2 aliphatic heterocycles. The number of rotatable bonds is 8. The average molecular weight is 708 g/mol. The van der Waals surface area contributed by atoms with E-state index in [1.807, 2.05) is 37.3 Å². The lowest BCUT2D eigenvalue weighted by molar-refractivity contribution is 0.0556. The molecule has 11 heteroatoms. The molecule has 0 atom stereocenters. The highest BCUT2D eigenvalue weighted by atomic mass is 19.1. The summed E-state index contributed by atoms with van der Waals surface area (Å²) in [6, 6.07) is 21.6. The molecule has 4 aromatic carbocycles. The molecule has 0 unspecified atom stereocenters. The van der Waals surface area contributed by atoms with Gasteiger partial charge in [0.25, 0.3) is 17.4 Å². The first-order valence-electron chi connectivity index (χ1n) is 17.8. The van der Waals surface area contributed by atoms with Crippen LogP contribution in [-0.4, -0.2) is 82.5 Å². The second kappa shape index (κ2) is 15.1. The molecule has 2 aliphatic rings. The predicted octanol–water partition coefficient (Wildman–Crippen LogP) is 6.47. The van der Waals surface area contributed by atoms with Gasteiger partial charge < -0.3 is 9.80 Å². The Morgan fingerprint density at radius 1 is 0.731 bits per heavy atom. The van der Waals surface area contributed by atoms with Crippen LogP contribution in [0.4, 0.5) is 13.2 Å². The summed E-state index contributed by atoms with van der Waals surface area (Å²) in [7, 11) is 0. The SMILES string of the molecule is CCc1cccc(-c2cc(F)c(C(=O)N3CCC(CN4CCN(C(=O)c5cc(Cc6n[nH]c(=O)c7ccccc67)ccc5F)CC4)CC3)c(F)c2)c1. The minimum atomic E-state index is -0.859. The van der Waals surface area contributed by atoms with Crippen molar-refractivity contribution in [3.63, 3.8) is 0 Å². The molecule has 0 saturated carbocycles. The highest BCUT2D eigenvalue weighted by Crippen LogP contribution is 2.28. The monoisotopic (exact) mass is 707 g/mol. The molecule has 2 fully saturated rings. The van der Waals surface area contributed by atoms with Crippen LogP contribution >= 0.6 is 0 Å². The topological polar surface area (TPSA) is 89.6 Å². The second-order valence-electron chi connectivity index (χ2n) is 13.7. The van der Waals surface area contributed by atoms with Crippen molar-refractivity contribution in [3.8, 4) is 11.1 Å². The quantitative estimate of drug-likeness (QED) is 0.200. The number of piperidine rings is 1. The summed E-state index contributed by atoms with van der Waals surface area (Å²) in [6.07, 6.45) is 2.53. The average Bonchev–Trinajstić information content (AvgIpc) is 3.16. The third-order valence-electron chi connectivity index (χ3n) is 10.4. The number of amides is 2. The minimum absolute atomic E-state index is 0.00456. The van der Waals surface area contributed by atoms with Gasteiger partial charge in [0.05, 0.1) is 16.6 Å². The van der Waals surface area contributed by atoms with Gasteiger partial charge >= 0.3 is 0 Å². The molecule has 2 saturated heterocycles. The number of benzene rings is 4. The largest absolute Gasteiger partial charge is 0.338 e. The van der Waals surface area contributed by atoms with E-state index in [1.165, 1.54) is 23.1 Å². The maximum atomic E-state index is 15.2. The van der Waals surface area contributed by atoms with E-state index in [-0.39, 0.29) is 17.0 Å². The van der Waals surface area contributed by atoms with Crippen LogP contribution < -0.4 is 5.56 Å². The van der Waals surface area contributed by atoms with E-state index in [0.29, 0.717) is 97.6 Å². The highest BCUT2D eigenvalue weighted by molar-refractivity contribution is 5.96. The molecule has 0 bridgehead atoms. The number of nitrogens with one attached hydrogen (secondary N) is 1. The molecule has 8 nitrogen and oxygen atoms in total. The first-order valence-corrected chi connectivity index (χ1v) is 17.8. The Morgan fingerprint density at radius 2 is 1.42 bits per heavy atom. The number of carbonyl (C=O) groups is 2. The fraction of sp³-hybridized carbons (Fsp3) is 0.317. The minimum Gasteiger partial charge on any atom is -0.338 e. The van der Waals surface area contributed by atoms with Crippen molar-refractivity contribution in [1.82, 2.24) is 24.9 Å². The van der Waals surface area contributed by atoms with Gasteiger partial charge in [-0.25, -0.2) is 18.3 Å². The van der Waals surface area contributed by atoms with Gasteiger partial charge in [-0.15, -0.1) is 0 Å². The van der Waals surface area contributed by atoms with Gasteiger partial charge in [-0.2, -0.15) is 5.10 Å². The van der Waals surface area contributed by atoms with Crippen LogP contribution in [0.3, 0.4) is 0 Å². The van der Waals surface area contributed by atoms with E-state index >= 15 is 8.78 Å². The van der Waals surface area contributed by atoms with Crippen molar-refractivity contribution in [2.24, 2.45) is 5.92 Å². The zero-order chi connectivity index (χ0) is 36.4. The van der Waals surface area contributed by atoms with Gasteiger partial charge in [0, 0.05) is 57.6 Å². The van der Waals surface area contributed by atoms with Crippen LogP contribution in [0.15, 0.2) is 83.7 Å². The second-order valence-corrected chi connectivity index (χ2v) is 13.7. The first-order chi connectivity index (χ1) is 25.2. The summed E-state index contributed by atoms with van der Waals surface area (Å²) in [5.41, 5.74) is 2.70. The van der Waals surface area contributed by atoms with E-state index in [0.717, 1.165) is 18.5 Å². The number of H-pyrrole nitrogens is 1. The van der Waals surface area contributed by atoms with E-state index in [4.69, 9.17) is 0 Å². The number of aromatic amines is 1. The lowest BCUT2D eigenvalue weighted by atomic mass is 9.95. The van der Waals surface area contributed by atoms with Crippen molar-refractivity contribution in [2.45, 2.75) is 32.6 Å². The molecule has 0 spiro atoms. The number of nitrogens with zero attached hydrogens (tertiary/aromatic N) is 4. The molecule has 0 aliphatic carbocycles. The smallest absolute Gasteiger partial charge is 0.272 e. The highest BCUT2D eigenvalue weighted by Gasteiger charge is 2.31. The maximum absolute atomic E-state index is 15.2. The molecule has 3 heterocycles. The molecule has 5 aromatic rings. The number of halogens is 3. The van der Waals surface area contributed by atoms with Crippen molar-refractivity contribution in [3.05, 3.63) is 135 Å². The lowest BCUT2D eigenvalue weighted by Crippen LogP contribution is -2.51. The molecule has 0 radical (unpaired) electrons. The van der Waals surface area contributed by atoms with Gasteiger partial charge in [0.2, 0.25) is 0 Å². The molecule has 7 rings (SSSR count). The van der Waals surface area contributed by atoms with Gasteiger partial charge in [0.15, 0.2) is 0 Å². The van der Waals surface area contributed by atoms with Crippen LogP contribution in [0, 0.1) is 23.4 Å². The van der Waals surface area contributed by atoms with Crippen LogP contribution in [0.5, 0.6) is 0 Å². The zero-order valence-corrected chi connectivity index (χ0v) is 29.0. The summed E-state index contributed by atoms with van der Waals surface area (Å²) in [5.74, 6) is -3.01. The molecule has 1 aromatic heterocycles. The number of carbonyl (C=O) groups excluding carboxylic acids is 2. The van der Waals surface area contributed by atoms with E-state index < -0.39 is 28.9 Å². The Hall–Kier alpha value is -5.29. The number of aromatic nitrogens is 2. The third-order valence-corrected chi connectivity index (χ3v) is 10.4. The molecular weight excluding hydrogens is 667 g/mol. The number of likely N-dealkylation sites (tertiary alicyclic amines) is 1. The molecule has 268 valence electrons. The normalized spacial score (nSPS) is 15.7. The van der Waals surface area contributed by atoms with Crippen LogP contribution in [0.1, 0.15) is 57.3 Å². The summed E-state index contributed by atoms with van der Waals surface area (Å²) < 4.78 is 45.4. The summed E-state index contributed by atoms with van der Waals surface area (Å²) in [6.45, 7) is 5.75. The fourth-order valence-electron chi connectivity index (χ4n) is 7.41. The van der Waals surface area contributed by atoms with Crippen molar-refractivity contribution < 1.29 is 22.8 Å².